The molecule has 0 aromatic rings. The van der Waals surface area contributed by atoms with E-state index in [0.29, 0.717) is 0 Å². The number of rotatable bonds is 2. The molecular formula is C6H10N2O. The van der Waals surface area contributed by atoms with E-state index < -0.39 is 0 Å². The fraction of sp³-hybridized carbons (Fsp3) is 0.167. The van der Waals surface area contributed by atoms with Crippen molar-refractivity contribution in [3.05, 3.63) is 24.3 Å². The molecule has 0 saturated heterocycles. The summed E-state index contributed by atoms with van der Waals surface area (Å²) in [6.45, 7) is 1.89. The van der Waals surface area contributed by atoms with Gasteiger partial charge in [0.1, 0.15) is 0 Å². The molecule has 9 heavy (non-hydrogen) atoms. The zero-order valence-corrected chi connectivity index (χ0v) is 5.28. The van der Waals surface area contributed by atoms with E-state index in [2.05, 4.69) is 5.16 Å². The summed E-state index contributed by atoms with van der Waals surface area (Å²) in [7, 11) is 0. The molecule has 0 aliphatic heterocycles. The van der Waals surface area contributed by atoms with Crippen LogP contribution in [0.15, 0.2) is 29.5 Å². The summed E-state index contributed by atoms with van der Waals surface area (Å²) in [5.41, 5.74) is 5.09. The first-order chi connectivity index (χ1) is 4.31. The van der Waals surface area contributed by atoms with Crippen LogP contribution in [0, 0.1) is 0 Å². The lowest BCUT2D eigenvalue weighted by atomic mass is 10.4. The van der Waals surface area contributed by atoms with Crippen molar-refractivity contribution in [3.63, 3.8) is 0 Å². The number of nitrogens with zero attached hydrogens (tertiary/aromatic N) is 1. The summed E-state index contributed by atoms with van der Waals surface area (Å²) < 4.78 is 0. The standard InChI is InChI=1S/C6H10N2O/c1-2-3-4-5-6(7)8-9/h2-5,9H,1H3,(H2,7,8)/b3-2+,5-4+. The topological polar surface area (TPSA) is 58.6 Å². The first kappa shape index (κ1) is 7.75. The summed E-state index contributed by atoms with van der Waals surface area (Å²) in [6.07, 6.45) is 6.83. The van der Waals surface area contributed by atoms with Gasteiger partial charge in [0.05, 0.1) is 0 Å². The van der Waals surface area contributed by atoms with E-state index in [1.807, 2.05) is 13.0 Å². The van der Waals surface area contributed by atoms with Crippen molar-refractivity contribution in [3.8, 4) is 0 Å². The molecule has 0 amide bonds. The number of oxime groups is 1. The van der Waals surface area contributed by atoms with Crippen LogP contribution in [0.5, 0.6) is 0 Å². The minimum Gasteiger partial charge on any atom is -0.409 e. The Kier molecular flexibility index (Phi) is 4.22. The molecule has 0 bridgehead atoms. The second-order valence-electron chi connectivity index (χ2n) is 1.41. The molecule has 50 valence electrons. The van der Waals surface area contributed by atoms with Gasteiger partial charge in [0.15, 0.2) is 5.84 Å². The Hall–Kier alpha value is -1.25. The van der Waals surface area contributed by atoms with Crippen LogP contribution in [0.3, 0.4) is 0 Å². The highest BCUT2D eigenvalue weighted by Gasteiger charge is 1.76. The zero-order valence-electron chi connectivity index (χ0n) is 5.28. The average molecular weight is 126 g/mol. The van der Waals surface area contributed by atoms with Gasteiger partial charge in [0.25, 0.3) is 0 Å². The van der Waals surface area contributed by atoms with E-state index in [4.69, 9.17) is 10.9 Å². The summed E-state index contributed by atoms with van der Waals surface area (Å²) >= 11 is 0. The SMILES string of the molecule is C/C=C/C=C/C(N)=N/O. The molecule has 0 aliphatic rings. The van der Waals surface area contributed by atoms with E-state index in [9.17, 15) is 0 Å². The number of hydrogen-bond donors (Lipinski definition) is 2. The highest BCUT2D eigenvalue weighted by Crippen LogP contribution is 1.75. The van der Waals surface area contributed by atoms with Crippen LogP contribution in [-0.2, 0) is 0 Å². The van der Waals surface area contributed by atoms with Crippen molar-refractivity contribution < 1.29 is 5.21 Å². The maximum absolute atomic E-state index is 8.02. The highest BCUT2D eigenvalue weighted by atomic mass is 16.4. The highest BCUT2D eigenvalue weighted by molar-refractivity contribution is 5.90. The second kappa shape index (κ2) is 4.90. The normalized spacial score (nSPS) is 13.7. The van der Waals surface area contributed by atoms with Crippen LogP contribution in [0.2, 0.25) is 0 Å². The Bertz CT molecular complexity index is 147. The molecule has 0 heterocycles. The molecule has 0 aromatic heterocycles. The van der Waals surface area contributed by atoms with Crippen molar-refractivity contribution in [2.24, 2.45) is 10.9 Å². The van der Waals surface area contributed by atoms with Crippen molar-refractivity contribution in [1.29, 1.82) is 0 Å². The molecule has 0 aromatic carbocycles. The summed E-state index contributed by atoms with van der Waals surface area (Å²) in [4.78, 5) is 0. The molecule has 0 rings (SSSR count). The largest absolute Gasteiger partial charge is 0.409 e. The average Bonchev–Trinajstić information content (AvgIpc) is 1.89. The van der Waals surface area contributed by atoms with Gasteiger partial charge < -0.3 is 10.9 Å². The Labute approximate surface area is 54.2 Å². The molecule has 3 N–H and O–H groups in total. The van der Waals surface area contributed by atoms with E-state index in [1.165, 1.54) is 6.08 Å². The number of nitrogens with two attached hydrogens (primary N) is 1. The fourth-order valence-electron chi connectivity index (χ4n) is 0.299. The predicted octanol–water partition coefficient (Wildman–Crippen LogP) is 0.865. The van der Waals surface area contributed by atoms with Crippen LogP contribution in [0.25, 0.3) is 0 Å². The Balaban J connectivity index is 3.71. The monoisotopic (exact) mass is 126 g/mol. The number of hydrogen-bond acceptors (Lipinski definition) is 2. The van der Waals surface area contributed by atoms with E-state index in [1.54, 1.807) is 12.2 Å². The van der Waals surface area contributed by atoms with Gasteiger partial charge in [-0.05, 0) is 13.0 Å². The fourth-order valence-corrected chi connectivity index (χ4v) is 0.299. The lowest BCUT2D eigenvalue weighted by Crippen LogP contribution is -2.06. The smallest absolute Gasteiger partial charge is 0.162 e. The van der Waals surface area contributed by atoms with Crippen molar-refractivity contribution in [2.75, 3.05) is 0 Å². The minimum absolute atomic E-state index is 0.105. The molecule has 0 spiro atoms. The van der Waals surface area contributed by atoms with E-state index in [-0.39, 0.29) is 5.84 Å². The van der Waals surface area contributed by atoms with Gasteiger partial charge in [-0.25, -0.2) is 0 Å². The van der Waals surface area contributed by atoms with Crippen molar-refractivity contribution in [1.82, 2.24) is 0 Å². The molecular weight excluding hydrogens is 116 g/mol. The summed E-state index contributed by atoms with van der Waals surface area (Å²) in [5, 5.41) is 10.8. The maximum Gasteiger partial charge on any atom is 0.162 e. The predicted molar refractivity (Wildman–Crippen MR) is 37.4 cm³/mol. The van der Waals surface area contributed by atoms with Gasteiger partial charge in [-0.1, -0.05) is 23.4 Å². The summed E-state index contributed by atoms with van der Waals surface area (Å²) in [5.74, 6) is 0.105. The lowest BCUT2D eigenvalue weighted by Gasteiger charge is -1.81. The Morgan fingerprint density at radius 3 is 2.67 bits per heavy atom. The van der Waals surface area contributed by atoms with Crippen LogP contribution < -0.4 is 5.73 Å². The van der Waals surface area contributed by atoms with Gasteiger partial charge in [-0.15, -0.1) is 0 Å². The molecule has 0 unspecified atom stereocenters. The molecule has 0 atom stereocenters. The van der Waals surface area contributed by atoms with Crippen LogP contribution in [-0.4, -0.2) is 11.0 Å². The Morgan fingerprint density at radius 1 is 1.56 bits per heavy atom. The van der Waals surface area contributed by atoms with Gasteiger partial charge >= 0.3 is 0 Å². The quantitative estimate of drug-likeness (QED) is 0.189. The van der Waals surface area contributed by atoms with Gasteiger partial charge in [-0.3, -0.25) is 0 Å². The number of amidine groups is 1. The van der Waals surface area contributed by atoms with E-state index in [0.717, 1.165) is 0 Å². The molecule has 0 aliphatic carbocycles. The third-order valence-corrected chi connectivity index (χ3v) is 0.686. The molecule has 0 radical (unpaired) electrons. The molecule has 3 heteroatoms. The Morgan fingerprint density at radius 2 is 2.22 bits per heavy atom. The maximum atomic E-state index is 8.02. The third kappa shape index (κ3) is 4.61. The first-order valence-electron chi connectivity index (χ1n) is 2.58. The van der Waals surface area contributed by atoms with Gasteiger partial charge in [-0.2, -0.15) is 0 Å². The minimum atomic E-state index is 0.105. The molecule has 3 nitrogen and oxygen atoms in total. The second-order valence-corrected chi connectivity index (χ2v) is 1.41. The third-order valence-electron chi connectivity index (χ3n) is 0.686. The first-order valence-corrected chi connectivity index (χ1v) is 2.58. The zero-order chi connectivity index (χ0) is 7.11. The van der Waals surface area contributed by atoms with Gasteiger partial charge in [0, 0.05) is 0 Å². The van der Waals surface area contributed by atoms with Crippen LogP contribution >= 0.6 is 0 Å². The van der Waals surface area contributed by atoms with Crippen molar-refractivity contribution >= 4 is 5.84 Å². The van der Waals surface area contributed by atoms with Crippen molar-refractivity contribution in [2.45, 2.75) is 6.92 Å². The van der Waals surface area contributed by atoms with Crippen LogP contribution in [0.1, 0.15) is 6.92 Å². The van der Waals surface area contributed by atoms with Gasteiger partial charge in [0.2, 0.25) is 0 Å². The van der Waals surface area contributed by atoms with E-state index >= 15 is 0 Å². The summed E-state index contributed by atoms with van der Waals surface area (Å²) in [6, 6.07) is 0. The lowest BCUT2D eigenvalue weighted by molar-refractivity contribution is 0.319. The molecule has 0 fully saturated rings. The van der Waals surface area contributed by atoms with Crippen LogP contribution in [0.4, 0.5) is 0 Å². The molecule has 0 saturated carbocycles. The number of allylic oxidation sites excluding steroid dienone is 3.